The Morgan fingerprint density at radius 3 is 2.30 bits per heavy atom. The van der Waals surface area contributed by atoms with Crippen LogP contribution in [-0.2, 0) is 22.5 Å². The zero-order chi connectivity index (χ0) is 36.0. The Labute approximate surface area is 301 Å². The van der Waals surface area contributed by atoms with Gasteiger partial charge in [-0.1, -0.05) is 43.6 Å². The molecule has 1 aromatic carbocycles. The molecule has 0 spiro atoms. The van der Waals surface area contributed by atoms with Crippen molar-refractivity contribution in [2.45, 2.75) is 104 Å². The number of fused-ring (bicyclic) bond motifs is 1. The number of hydrogen-bond donors (Lipinski definition) is 2. The Balaban J connectivity index is 1.29. The molecule has 270 valence electrons. The van der Waals surface area contributed by atoms with Gasteiger partial charge in [0.05, 0.1) is 22.5 Å². The number of benzene rings is 1. The standard InChI is InChI=1S/C39H53ClN6O4/c1-37(2,3)50-33(35(47)48)31-32(45-20-14-38(4,5)15-21-45)29(23-42-34(31)40)26-8-9-27-24-46(17-11-25(27)22-26)36-41-16-10-30(43-36)44-18-12-28(13-19-44)39(6,7)49/h8-10,16,22-23,28,33,49H,11-15,17-21,24H2,1-7H3,(H,47,48)/t33-/m0/s1. The summed E-state index contributed by atoms with van der Waals surface area (Å²) in [6, 6.07) is 8.48. The number of hydrogen-bond acceptors (Lipinski definition) is 9. The molecule has 0 unspecified atom stereocenters. The van der Waals surface area contributed by atoms with Crippen LogP contribution in [0.1, 0.15) is 96.9 Å². The van der Waals surface area contributed by atoms with Gasteiger partial charge in [-0.25, -0.2) is 14.8 Å². The maximum atomic E-state index is 12.8. The monoisotopic (exact) mass is 704 g/mol. The van der Waals surface area contributed by atoms with Crippen LogP contribution in [0, 0.1) is 11.3 Å². The smallest absolute Gasteiger partial charge is 0.337 e. The first kappa shape index (κ1) is 36.3. The first-order valence-electron chi connectivity index (χ1n) is 18.0. The number of halogens is 1. The van der Waals surface area contributed by atoms with E-state index in [1.54, 1.807) is 6.20 Å². The van der Waals surface area contributed by atoms with Gasteiger partial charge < -0.3 is 29.6 Å². The first-order chi connectivity index (χ1) is 23.5. The molecule has 2 saturated heterocycles. The molecule has 3 aliphatic rings. The molecule has 3 aliphatic heterocycles. The third-order valence-electron chi connectivity index (χ3n) is 10.7. The van der Waals surface area contributed by atoms with Crippen molar-refractivity contribution in [3.05, 3.63) is 58.5 Å². The predicted octanol–water partition coefficient (Wildman–Crippen LogP) is 7.31. The van der Waals surface area contributed by atoms with Gasteiger partial charge >= 0.3 is 5.97 Å². The lowest BCUT2D eigenvalue weighted by Crippen LogP contribution is -2.42. The summed E-state index contributed by atoms with van der Waals surface area (Å²) in [5.41, 5.74) is 4.34. The average molecular weight is 705 g/mol. The van der Waals surface area contributed by atoms with Gasteiger partial charge in [-0.3, -0.25) is 0 Å². The van der Waals surface area contributed by atoms with Crippen molar-refractivity contribution in [1.29, 1.82) is 0 Å². The fourth-order valence-corrected chi connectivity index (χ4v) is 7.81. The molecule has 6 rings (SSSR count). The van der Waals surface area contributed by atoms with E-state index < -0.39 is 23.3 Å². The summed E-state index contributed by atoms with van der Waals surface area (Å²) in [6.45, 7) is 18.7. The number of carbonyl (C=O) groups is 1. The minimum Gasteiger partial charge on any atom is -0.479 e. The number of ether oxygens (including phenoxy) is 1. The number of aromatic nitrogens is 3. The van der Waals surface area contributed by atoms with Crippen LogP contribution in [-0.4, -0.2) is 75.1 Å². The highest BCUT2D eigenvalue weighted by molar-refractivity contribution is 6.31. The van der Waals surface area contributed by atoms with Crippen LogP contribution in [0.2, 0.25) is 5.15 Å². The van der Waals surface area contributed by atoms with Gasteiger partial charge in [0.1, 0.15) is 11.0 Å². The molecule has 0 aliphatic carbocycles. The lowest BCUT2D eigenvalue weighted by atomic mass is 9.82. The fraction of sp³-hybridized carbons (Fsp3) is 0.590. The molecule has 2 fully saturated rings. The van der Waals surface area contributed by atoms with Gasteiger partial charge in [0.25, 0.3) is 0 Å². The van der Waals surface area contributed by atoms with Crippen LogP contribution in [0.15, 0.2) is 36.7 Å². The van der Waals surface area contributed by atoms with Crippen molar-refractivity contribution in [3.63, 3.8) is 0 Å². The summed E-state index contributed by atoms with van der Waals surface area (Å²) in [7, 11) is 0. The number of pyridine rings is 1. The van der Waals surface area contributed by atoms with Crippen molar-refractivity contribution >= 4 is 35.0 Å². The molecular formula is C39H53ClN6O4. The summed E-state index contributed by atoms with van der Waals surface area (Å²) >= 11 is 6.79. The second kappa shape index (κ2) is 13.9. The number of carboxylic acid groups (broad SMARTS) is 1. The van der Waals surface area contributed by atoms with Gasteiger partial charge in [-0.05, 0) is 101 Å². The minimum atomic E-state index is -1.27. The second-order valence-corrected chi connectivity index (χ2v) is 17.0. The molecule has 10 nitrogen and oxygen atoms in total. The molecule has 0 saturated carbocycles. The van der Waals surface area contributed by atoms with E-state index in [1.165, 1.54) is 11.1 Å². The van der Waals surface area contributed by atoms with Gasteiger partial charge in [-0.2, -0.15) is 4.98 Å². The summed E-state index contributed by atoms with van der Waals surface area (Å²) in [4.78, 5) is 33.8. The van der Waals surface area contributed by atoms with E-state index in [0.29, 0.717) is 12.1 Å². The number of aliphatic carboxylic acids is 1. The Kier molecular flexibility index (Phi) is 10.1. The summed E-state index contributed by atoms with van der Waals surface area (Å²) in [5, 5.41) is 21.1. The Morgan fingerprint density at radius 1 is 0.960 bits per heavy atom. The van der Waals surface area contributed by atoms with E-state index in [-0.39, 0.29) is 16.5 Å². The number of nitrogens with zero attached hydrogens (tertiary/aromatic N) is 6. The van der Waals surface area contributed by atoms with Crippen LogP contribution >= 0.6 is 11.6 Å². The Bertz CT molecular complexity index is 1700. The highest BCUT2D eigenvalue weighted by Gasteiger charge is 2.37. The summed E-state index contributed by atoms with van der Waals surface area (Å²) < 4.78 is 6.16. The van der Waals surface area contributed by atoms with Crippen LogP contribution in [0.3, 0.4) is 0 Å². The maximum Gasteiger partial charge on any atom is 0.337 e. The lowest BCUT2D eigenvalue weighted by molar-refractivity contribution is -0.160. The van der Waals surface area contributed by atoms with Gasteiger partial charge in [0, 0.05) is 57.2 Å². The van der Waals surface area contributed by atoms with Crippen LogP contribution < -0.4 is 14.7 Å². The number of piperidine rings is 2. The maximum absolute atomic E-state index is 12.8. The van der Waals surface area contributed by atoms with Gasteiger partial charge in [0.15, 0.2) is 6.10 Å². The minimum absolute atomic E-state index is 0.155. The Morgan fingerprint density at radius 2 is 1.66 bits per heavy atom. The normalized spacial score (nSPS) is 19.3. The average Bonchev–Trinajstić information content (AvgIpc) is 3.06. The number of aliphatic hydroxyl groups is 1. The molecular weight excluding hydrogens is 652 g/mol. The molecule has 50 heavy (non-hydrogen) atoms. The fourth-order valence-electron chi connectivity index (χ4n) is 7.57. The van der Waals surface area contributed by atoms with E-state index in [4.69, 9.17) is 21.3 Å². The van der Waals surface area contributed by atoms with E-state index in [2.05, 4.69) is 56.7 Å². The van der Waals surface area contributed by atoms with Crippen molar-refractivity contribution in [2.75, 3.05) is 47.4 Å². The topological polar surface area (TPSA) is 115 Å². The molecule has 2 N–H and O–H groups in total. The summed E-state index contributed by atoms with van der Waals surface area (Å²) in [6.07, 6.45) is 7.01. The molecule has 0 amide bonds. The SMILES string of the molecule is CC1(C)CCN(c2c(-c3ccc4c(c3)CCN(c3nccc(N5CCC(C(C)(C)O)CC5)n3)C4)cnc(Cl)c2[C@H](OC(C)(C)C)C(=O)O)CC1. The molecule has 3 aromatic rings. The molecule has 0 bridgehead atoms. The molecule has 1 atom stereocenters. The van der Waals surface area contributed by atoms with Crippen LogP contribution in [0.25, 0.3) is 11.1 Å². The molecule has 5 heterocycles. The van der Waals surface area contributed by atoms with E-state index in [1.807, 2.05) is 46.9 Å². The zero-order valence-electron chi connectivity index (χ0n) is 30.7. The van der Waals surface area contributed by atoms with Crippen molar-refractivity contribution in [3.8, 4) is 11.1 Å². The van der Waals surface area contributed by atoms with Crippen molar-refractivity contribution in [2.24, 2.45) is 11.3 Å². The van der Waals surface area contributed by atoms with Crippen LogP contribution in [0.5, 0.6) is 0 Å². The number of carboxylic acids is 1. The van der Waals surface area contributed by atoms with Gasteiger partial charge in [-0.15, -0.1) is 0 Å². The summed E-state index contributed by atoms with van der Waals surface area (Å²) in [5.74, 6) is 0.856. The van der Waals surface area contributed by atoms with E-state index >= 15 is 0 Å². The highest BCUT2D eigenvalue weighted by Crippen LogP contribution is 2.45. The Hall–Kier alpha value is -3.47. The second-order valence-electron chi connectivity index (χ2n) is 16.6. The lowest BCUT2D eigenvalue weighted by Gasteiger charge is -2.40. The molecule has 2 aromatic heterocycles. The van der Waals surface area contributed by atoms with E-state index in [0.717, 1.165) is 93.4 Å². The quantitative estimate of drug-likeness (QED) is 0.231. The zero-order valence-corrected chi connectivity index (χ0v) is 31.4. The molecule has 0 radical (unpaired) electrons. The predicted molar refractivity (Wildman–Crippen MR) is 199 cm³/mol. The third-order valence-corrected chi connectivity index (χ3v) is 11.0. The molecule has 11 heteroatoms. The van der Waals surface area contributed by atoms with Crippen molar-refractivity contribution < 1.29 is 19.7 Å². The largest absolute Gasteiger partial charge is 0.479 e. The number of rotatable bonds is 8. The first-order valence-corrected chi connectivity index (χ1v) is 18.4. The van der Waals surface area contributed by atoms with Crippen LogP contribution in [0.4, 0.5) is 17.5 Å². The highest BCUT2D eigenvalue weighted by atomic mass is 35.5. The van der Waals surface area contributed by atoms with Gasteiger partial charge in [0.2, 0.25) is 5.95 Å². The van der Waals surface area contributed by atoms with Crippen molar-refractivity contribution in [1.82, 2.24) is 15.0 Å². The third kappa shape index (κ3) is 8.03. The van der Waals surface area contributed by atoms with E-state index in [9.17, 15) is 15.0 Å². The number of anilines is 3.